The van der Waals surface area contributed by atoms with Gasteiger partial charge in [0, 0.05) is 19.7 Å². The molecule has 1 aliphatic rings. The molecule has 2 N–H and O–H groups in total. The number of rotatable bonds is 9. The summed E-state index contributed by atoms with van der Waals surface area (Å²) < 4.78 is 15.9. The average Bonchev–Trinajstić information content (AvgIpc) is 3.13. The second kappa shape index (κ2) is 9.88. The molecule has 138 valence electrons. The van der Waals surface area contributed by atoms with Crippen molar-refractivity contribution in [1.29, 1.82) is 0 Å². The topological polar surface area (TPSA) is 85.9 Å². The van der Waals surface area contributed by atoms with Gasteiger partial charge in [-0.2, -0.15) is 0 Å². The van der Waals surface area contributed by atoms with Crippen LogP contribution in [0.2, 0.25) is 0 Å². The Morgan fingerprint density at radius 2 is 1.92 bits per heavy atom. The number of hydrogen-bond donors (Lipinski definition) is 2. The Bertz CT molecular complexity index is 585. The van der Waals surface area contributed by atoms with E-state index < -0.39 is 0 Å². The molecule has 1 heterocycles. The van der Waals surface area contributed by atoms with Gasteiger partial charge in [0.2, 0.25) is 11.8 Å². The van der Waals surface area contributed by atoms with Gasteiger partial charge in [0.25, 0.3) is 0 Å². The molecule has 0 radical (unpaired) electrons. The fourth-order valence-corrected chi connectivity index (χ4v) is 2.69. The number of benzene rings is 1. The number of hydrogen-bond acceptors (Lipinski definition) is 5. The number of carbonyl (C=O) groups is 2. The maximum absolute atomic E-state index is 11.8. The van der Waals surface area contributed by atoms with Crippen molar-refractivity contribution >= 4 is 11.8 Å². The molecule has 1 fully saturated rings. The molecular formula is C18H26N2O5. The van der Waals surface area contributed by atoms with Crippen LogP contribution in [-0.4, -0.2) is 51.8 Å². The lowest BCUT2D eigenvalue weighted by Crippen LogP contribution is -2.36. The van der Waals surface area contributed by atoms with Crippen molar-refractivity contribution < 1.29 is 23.8 Å². The Balaban J connectivity index is 1.66. The van der Waals surface area contributed by atoms with Crippen LogP contribution in [0.15, 0.2) is 18.2 Å². The van der Waals surface area contributed by atoms with Crippen molar-refractivity contribution in [2.45, 2.75) is 31.8 Å². The van der Waals surface area contributed by atoms with Gasteiger partial charge in [0.1, 0.15) is 6.42 Å². The molecule has 1 unspecified atom stereocenters. The van der Waals surface area contributed by atoms with Crippen molar-refractivity contribution in [3.63, 3.8) is 0 Å². The first-order valence-electron chi connectivity index (χ1n) is 8.48. The molecular weight excluding hydrogens is 324 g/mol. The van der Waals surface area contributed by atoms with Crippen LogP contribution in [0.5, 0.6) is 11.5 Å². The van der Waals surface area contributed by atoms with E-state index in [1.807, 2.05) is 18.2 Å². The molecule has 7 heteroatoms. The Labute approximate surface area is 148 Å². The lowest BCUT2D eigenvalue weighted by Gasteiger charge is -2.11. The van der Waals surface area contributed by atoms with Gasteiger partial charge in [-0.3, -0.25) is 9.59 Å². The summed E-state index contributed by atoms with van der Waals surface area (Å²) in [6.45, 7) is 1.67. The number of ether oxygens (including phenoxy) is 3. The maximum Gasteiger partial charge on any atom is 0.229 e. The Morgan fingerprint density at radius 1 is 1.16 bits per heavy atom. The maximum atomic E-state index is 11.8. The van der Waals surface area contributed by atoms with Gasteiger partial charge >= 0.3 is 0 Å². The summed E-state index contributed by atoms with van der Waals surface area (Å²) in [5.74, 6) is 0.752. The number of nitrogens with one attached hydrogen (secondary N) is 2. The molecule has 0 saturated carbocycles. The number of amides is 2. The van der Waals surface area contributed by atoms with Crippen LogP contribution in [0.25, 0.3) is 0 Å². The van der Waals surface area contributed by atoms with Gasteiger partial charge in [-0.05, 0) is 37.0 Å². The zero-order valence-corrected chi connectivity index (χ0v) is 14.8. The van der Waals surface area contributed by atoms with Crippen LogP contribution in [0.1, 0.15) is 24.8 Å². The quantitative estimate of drug-likeness (QED) is 0.650. The summed E-state index contributed by atoms with van der Waals surface area (Å²) in [5, 5.41) is 5.49. The molecule has 2 amide bonds. The van der Waals surface area contributed by atoms with E-state index in [0.29, 0.717) is 31.0 Å². The van der Waals surface area contributed by atoms with Crippen LogP contribution in [-0.2, 0) is 20.7 Å². The molecule has 1 aliphatic heterocycles. The number of carbonyl (C=O) groups excluding carboxylic acids is 2. The minimum Gasteiger partial charge on any atom is -0.493 e. The molecule has 0 spiro atoms. The predicted molar refractivity (Wildman–Crippen MR) is 92.9 cm³/mol. The third-order valence-corrected chi connectivity index (χ3v) is 4.06. The lowest BCUT2D eigenvalue weighted by molar-refractivity contribution is -0.129. The van der Waals surface area contributed by atoms with Crippen LogP contribution in [0.3, 0.4) is 0 Å². The number of methoxy groups -OCH3 is 2. The van der Waals surface area contributed by atoms with E-state index in [2.05, 4.69) is 10.6 Å². The summed E-state index contributed by atoms with van der Waals surface area (Å²) in [6.07, 6.45) is 2.54. The van der Waals surface area contributed by atoms with Crippen LogP contribution < -0.4 is 20.1 Å². The van der Waals surface area contributed by atoms with Crippen LogP contribution in [0, 0.1) is 0 Å². The van der Waals surface area contributed by atoms with Crippen molar-refractivity contribution in [2.24, 2.45) is 0 Å². The van der Waals surface area contributed by atoms with Gasteiger partial charge in [0.05, 0.1) is 20.3 Å². The fourth-order valence-electron chi connectivity index (χ4n) is 2.69. The molecule has 1 aromatic rings. The second-order valence-electron chi connectivity index (χ2n) is 5.91. The Morgan fingerprint density at radius 3 is 2.60 bits per heavy atom. The second-order valence-corrected chi connectivity index (χ2v) is 5.91. The van der Waals surface area contributed by atoms with Gasteiger partial charge < -0.3 is 24.8 Å². The van der Waals surface area contributed by atoms with E-state index >= 15 is 0 Å². The predicted octanol–water partition coefficient (Wildman–Crippen LogP) is 1.05. The molecule has 7 nitrogen and oxygen atoms in total. The smallest absolute Gasteiger partial charge is 0.229 e. The van der Waals surface area contributed by atoms with E-state index in [1.54, 1.807) is 14.2 Å². The first-order chi connectivity index (χ1) is 12.1. The minimum atomic E-state index is -0.287. The fraction of sp³-hybridized carbons (Fsp3) is 0.556. The first-order valence-corrected chi connectivity index (χ1v) is 8.48. The molecule has 0 aliphatic carbocycles. The normalized spacial score (nSPS) is 16.3. The highest BCUT2D eigenvalue weighted by atomic mass is 16.5. The largest absolute Gasteiger partial charge is 0.493 e. The SMILES string of the molecule is COc1ccc(CCNC(=O)CC(=O)NCC2CCCO2)cc1OC. The minimum absolute atomic E-state index is 0.0806. The van der Waals surface area contributed by atoms with Gasteiger partial charge in [0.15, 0.2) is 11.5 Å². The van der Waals surface area contributed by atoms with Crippen LogP contribution >= 0.6 is 0 Å². The standard InChI is InChI=1S/C18H26N2O5/c1-23-15-6-5-13(10-16(15)24-2)7-8-19-17(21)11-18(22)20-12-14-4-3-9-25-14/h5-6,10,14H,3-4,7-9,11-12H2,1-2H3,(H,19,21)(H,20,22). The van der Waals surface area contributed by atoms with Crippen molar-refractivity contribution in [3.05, 3.63) is 23.8 Å². The molecule has 2 rings (SSSR count). The molecule has 0 aromatic heterocycles. The summed E-state index contributed by atoms with van der Waals surface area (Å²) in [6, 6.07) is 5.62. The van der Waals surface area contributed by atoms with Gasteiger partial charge in [-0.1, -0.05) is 6.07 Å². The summed E-state index contributed by atoms with van der Waals surface area (Å²) >= 11 is 0. The lowest BCUT2D eigenvalue weighted by atomic mass is 10.1. The zero-order chi connectivity index (χ0) is 18.1. The molecule has 0 bridgehead atoms. The monoisotopic (exact) mass is 350 g/mol. The van der Waals surface area contributed by atoms with Crippen LogP contribution in [0.4, 0.5) is 0 Å². The van der Waals surface area contributed by atoms with E-state index in [4.69, 9.17) is 14.2 Å². The van der Waals surface area contributed by atoms with E-state index in [0.717, 1.165) is 25.0 Å². The molecule has 1 atom stereocenters. The first kappa shape index (κ1) is 19.1. The van der Waals surface area contributed by atoms with Gasteiger partial charge in [-0.25, -0.2) is 0 Å². The van der Waals surface area contributed by atoms with Gasteiger partial charge in [-0.15, -0.1) is 0 Å². The third-order valence-electron chi connectivity index (χ3n) is 4.06. The van der Waals surface area contributed by atoms with Crippen molar-refractivity contribution in [3.8, 4) is 11.5 Å². The summed E-state index contributed by atoms with van der Waals surface area (Å²) in [7, 11) is 3.17. The highest BCUT2D eigenvalue weighted by Crippen LogP contribution is 2.27. The Hall–Kier alpha value is -2.28. The molecule has 1 aromatic carbocycles. The van der Waals surface area contributed by atoms with E-state index in [9.17, 15) is 9.59 Å². The molecule has 1 saturated heterocycles. The van der Waals surface area contributed by atoms with E-state index in [-0.39, 0.29) is 24.3 Å². The highest BCUT2D eigenvalue weighted by molar-refractivity contribution is 5.96. The third kappa shape index (κ3) is 6.26. The summed E-state index contributed by atoms with van der Waals surface area (Å²) in [5.41, 5.74) is 1.01. The highest BCUT2D eigenvalue weighted by Gasteiger charge is 2.17. The van der Waals surface area contributed by atoms with E-state index in [1.165, 1.54) is 0 Å². The van der Waals surface area contributed by atoms with Crippen molar-refractivity contribution in [2.75, 3.05) is 33.9 Å². The van der Waals surface area contributed by atoms with Crippen molar-refractivity contribution in [1.82, 2.24) is 10.6 Å². The summed E-state index contributed by atoms with van der Waals surface area (Å²) in [4.78, 5) is 23.6. The Kier molecular flexibility index (Phi) is 7.53. The zero-order valence-electron chi connectivity index (χ0n) is 14.8. The molecule has 25 heavy (non-hydrogen) atoms. The average molecular weight is 350 g/mol.